The van der Waals surface area contributed by atoms with Crippen LogP contribution in [0.2, 0.25) is 0 Å². The first-order chi connectivity index (χ1) is 8.88. The first-order valence-corrected chi connectivity index (χ1v) is 5.66. The van der Waals surface area contributed by atoms with E-state index in [0.29, 0.717) is 6.54 Å². The number of halogens is 3. The lowest BCUT2D eigenvalue weighted by molar-refractivity contribution is -0.145. The number of hydrogen-bond donors (Lipinski definition) is 2. The van der Waals surface area contributed by atoms with Gasteiger partial charge in [-0.2, -0.15) is 18.2 Å². The summed E-state index contributed by atoms with van der Waals surface area (Å²) in [6, 6.07) is 1.24. The number of nitrogens with zero attached hydrogens (tertiary/aromatic N) is 3. The molecule has 6 nitrogen and oxygen atoms in total. The SMILES string of the molecule is CN1CCC(Oc2cc(NN)nc(C(F)(F)F)n2)C1. The van der Waals surface area contributed by atoms with Gasteiger partial charge in [0.2, 0.25) is 11.7 Å². The molecule has 1 aliphatic heterocycles. The topological polar surface area (TPSA) is 76.3 Å². The molecule has 1 fully saturated rings. The van der Waals surface area contributed by atoms with Gasteiger partial charge in [-0.05, 0) is 13.5 Å². The van der Waals surface area contributed by atoms with Gasteiger partial charge in [-0.15, -0.1) is 0 Å². The molecule has 0 saturated carbocycles. The first kappa shape index (κ1) is 13.8. The number of hydrazine groups is 1. The van der Waals surface area contributed by atoms with Crippen LogP contribution in [0.15, 0.2) is 6.07 Å². The van der Waals surface area contributed by atoms with Gasteiger partial charge in [-0.25, -0.2) is 10.8 Å². The summed E-state index contributed by atoms with van der Waals surface area (Å²) in [5.41, 5.74) is 2.07. The summed E-state index contributed by atoms with van der Waals surface area (Å²) < 4.78 is 43.2. The number of aromatic nitrogens is 2. The summed E-state index contributed by atoms with van der Waals surface area (Å²) in [7, 11) is 1.91. The monoisotopic (exact) mass is 277 g/mol. The van der Waals surface area contributed by atoms with E-state index in [1.165, 1.54) is 6.07 Å². The summed E-state index contributed by atoms with van der Waals surface area (Å²) in [6.45, 7) is 1.49. The van der Waals surface area contributed by atoms with Crippen LogP contribution in [0.5, 0.6) is 5.88 Å². The highest BCUT2D eigenvalue weighted by atomic mass is 19.4. The minimum atomic E-state index is -4.64. The molecular formula is C10H14F3N5O. The number of rotatable bonds is 3. The number of likely N-dealkylation sites (N-methyl/N-ethyl adjacent to an activating group) is 1. The predicted octanol–water partition coefficient (Wildman–Crippen LogP) is 0.864. The Bertz CT molecular complexity index is 453. The smallest absolute Gasteiger partial charge is 0.451 e. The van der Waals surface area contributed by atoms with Gasteiger partial charge in [-0.3, -0.25) is 0 Å². The fourth-order valence-electron chi connectivity index (χ4n) is 1.85. The van der Waals surface area contributed by atoms with Gasteiger partial charge in [0, 0.05) is 19.2 Å². The number of likely N-dealkylation sites (tertiary alicyclic amines) is 1. The van der Waals surface area contributed by atoms with Gasteiger partial charge in [0.15, 0.2) is 0 Å². The molecule has 106 valence electrons. The fraction of sp³-hybridized carbons (Fsp3) is 0.600. The van der Waals surface area contributed by atoms with Crippen LogP contribution >= 0.6 is 0 Å². The van der Waals surface area contributed by atoms with Gasteiger partial charge < -0.3 is 15.1 Å². The molecule has 0 amide bonds. The molecular weight excluding hydrogens is 263 g/mol. The van der Waals surface area contributed by atoms with E-state index in [2.05, 4.69) is 15.4 Å². The summed E-state index contributed by atoms with van der Waals surface area (Å²) in [5, 5.41) is 0. The van der Waals surface area contributed by atoms with E-state index in [-0.39, 0.29) is 17.8 Å². The Morgan fingerprint density at radius 2 is 2.21 bits per heavy atom. The van der Waals surface area contributed by atoms with E-state index < -0.39 is 12.0 Å². The third kappa shape index (κ3) is 3.44. The first-order valence-electron chi connectivity index (χ1n) is 5.66. The van der Waals surface area contributed by atoms with Crippen molar-refractivity contribution in [3.05, 3.63) is 11.9 Å². The largest absolute Gasteiger partial charge is 0.473 e. The van der Waals surface area contributed by atoms with E-state index >= 15 is 0 Å². The van der Waals surface area contributed by atoms with Gasteiger partial charge >= 0.3 is 6.18 Å². The molecule has 0 radical (unpaired) electrons. The van der Waals surface area contributed by atoms with Crippen molar-refractivity contribution in [1.29, 1.82) is 0 Å². The third-order valence-electron chi connectivity index (χ3n) is 2.74. The standard InChI is InChI=1S/C10H14F3N5O/c1-18-3-2-6(5-18)19-8-4-7(17-14)15-9(16-8)10(11,12)13/h4,6H,2-3,5,14H2,1H3,(H,15,16,17). The number of alkyl halides is 3. The quantitative estimate of drug-likeness (QED) is 0.630. The maximum absolute atomic E-state index is 12.6. The number of nitrogen functional groups attached to an aromatic ring is 1. The zero-order valence-electron chi connectivity index (χ0n) is 10.2. The van der Waals surface area contributed by atoms with E-state index in [0.717, 1.165) is 13.0 Å². The second-order valence-corrected chi connectivity index (χ2v) is 4.35. The van der Waals surface area contributed by atoms with Gasteiger partial charge in [0.1, 0.15) is 11.9 Å². The Hall–Kier alpha value is -1.61. The van der Waals surface area contributed by atoms with Gasteiger partial charge in [0.05, 0.1) is 0 Å². The second-order valence-electron chi connectivity index (χ2n) is 4.35. The molecule has 2 rings (SSSR count). The number of nitrogens with two attached hydrogens (primary N) is 1. The van der Waals surface area contributed by atoms with Gasteiger partial charge in [0.25, 0.3) is 0 Å². The Kier molecular flexibility index (Phi) is 3.76. The molecule has 1 atom stereocenters. The lowest BCUT2D eigenvalue weighted by atomic mass is 10.3. The Balaban J connectivity index is 2.20. The zero-order valence-corrected chi connectivity index (χ0v) is 10.2. The molecule has 1 aromatic rings. The number of hydrogen-bond acceptors (Lipinski definition) is 6. The van der Waals surface area contributed by atoms with Crippen LogP contribution in [0.4, 0.5) is 19.0 Å². The summed E-state index contributed by atoms with van der Waals surface area (Å²) >= 11 is 0. The van der Waals surface area contributed by atoms with Gasteiger partial charge in [-0.1, -0.05) is 0 Å². The molecule has 1 unspecified atom stereocenters. The normalized spacial score (nSPS) is 20.6. The highest BCUT2D eigenvalue weighted by molar-refractivity contribution is 5.37. The molecule has 0 aliphatic carbocycles. The predicted molar refractivity (Wildman–Crippen MR) is 61.4 cm³/mol. The van der Waals surface area contributed by atoms with Crippen molar-refractivity contribution in [3.63, 3.8) is 0 Å². The minimum absolute atomic E-state index is 0.129. The number of nitrogens with one attached hydrogen (secondary N) is 1. The lowest BCUT2D eigenvalue weighted by Crippen LogP contribution is -2.23. The number of ether oxygens (including phenoxy) is 1. The fourth-order valence-corrected chi connectivity index (χ4v) is 1.85. The van der Waals surface area contributed by atoms with Crippen molar-refractivity contribution < 1.29 is 17.9 Å². The Morgan fingerprint density at radius 3 is 2.74 bits per heavy atom. The molecule has 0 bridgehead atoms. The number of anilines is 1. The molecule has 2 heterocycles. The molecule has 1 aliphatic rings. The third-order valence-corrected chi connectivity index (χ3v) is 2.74. The van der Waals surface area contributed by atoms with Crippen molar-refractivity contribution in [2.75, 3.05) is 25.6 Å². The molecule has 1 saturated heterocycles. The molecule has 0 aromatic carbocycles. The van der Waals surface area contributed by atoms with E-state index in [9.17, 15) is 13.2 Å². The summed E-state index contributed by atoms with van der Waals surface area (Å²) in [5.74, 6) is 3.55. The summed E-state index contributed by atoms with van der Waals surface area (Å²) in [4.78, 5) is 8.65. The van der Waals surface area contributed by atoms with Crippen molar-refractivity contribution in [3.8, 4) is 5.88 Å². The van der Waals surface area contributed by atoms with Crippen LogP contribution in [0.1, 0.15) is 12.2 Å². The van der Waals surface area contributed by atoms with Crippen LogP contribution in [0, 0.1) is 0 Å². The Labute approximate surface area is 107 Å². The van der Waals surface area contributed by atoms with E-state index in [1.807, 2.05) is 11.9 Å². The van der Waals surface area contributed by atoms with Crippen LogP contribution < -0.4 is 16.0 Å². The molecule has 0 spiro atoms. The molecule has 9 heteroatoms. The highest BCUT2D eigenvalue weighted by Crippen LogP contribution is 2.29. The molecule has 3 N–H and O–H groups in total. The van der Waals surface area contributed by atoms with Crippen LogP contribution in [0.3, 0.4) is 0 Å². The zero-order chi connectivity index (χ0) is 14.0. The van der Waals surface area contributed by atoms with E-state index in [4.69, 9.17) is 10.6 Å². The van der Waals surface area contributed by atoms with Crippen molar-refractivity contribution >= 4 is 5.82 Å². The Morgan fingerprint density at radius 1 is 1.47 bits per heavy atom. The highest BCUT2D eigenvalue weighted by Gasteiger charge is 2.36. The van der Waals surface area contributed by atoms with Crippen molar-refractivity contribution in [2.24, 2.45) is 5.84 Å². The molecule has 1 aromatic heterocycles. The summed E-state index contributed by atoms with van der Waals surface area (Å²) in [6.07, 6.45) is -4.07. The van der Waals surface area contributed by atoms with Crippen molar-refractivity contribution in [1.82, 2.24) is 14.9 Å². The van der Waals surface area contributed by atoms with Crippen LogP contribution in [0.25, 0.3) is 0 Å². The minimum Gasteiger partial charge on any atom is -0.473 e. The maximum atomic E-state index is 12.6. The average molecular weight is 277 g/mol. The molecule has 19 heavy (non-hydrogen) atoms. The van der Waals surface area contributed by atoms with Crippen molar-refractivity contribution in [2.45, 2.75) is 18.7 Å². The lowest BCUT2D eigenvalue weighted by Gasteiger charge is -2.15. The second kappa shape index (κ2) is 5.17. The average Bonchev–Trinajstić information content (AvgIpc) is 2.73. The maximum Gasteiger partial charge on any atom is 0.451 e. The van der Waals surface area contributed by atoms with Crippen LogP contribution in [-0.2, 0) is 6.18 Å². The van der Waals surface area contributed by atoms with E-state index in [1.54, 1.807) is 0 Å². The van der Waals surface area contributed by atoms with Crippen LogP contribution in [-0.4, -0.2) is 41.1 Å².